The molecule has 64 valence electrons. The first kappa shape index (κ1) is 8.76. The van der Waals surface area contributed by atoms with Crippen LogP contribution in [0.5, 0.6) is 0 Å². The van der Waals surface area contributed by atoms with E-state index in [1.807, 2.05) is 6.92 Å². The molecule has 0 bridgehead atoms. The molecule has 1 heteroatoms. The van der Waals surface area contributed by atoms with E-state index in [2.05, 4.69) is 19.9 Å². The van der Waals surface area contributed by atoms with Crippen molar-refractivity contribution in [1.29, 1.82) is 0 Å². The molecule has 1 rings (SSSR count). The molecule has 1 saturated carbocycles. The van der Waals surface area contributed by atoms with Crippen LogP contribution in [0.2, 0.25) is 0 Å². The van der Waals surface area contributed by atoms with Gasteiger partial charge in [-0.05, 0) is 31.6 Å². The van der Waals surface area contributed by atoms with Crippen LogP contribution in [-0.2, 0) is 0 Å². The largest absolute Gasteiger partial charge is 0.247 e. The van der Waals surface area contributed by atoms with Crippen molar-refractivity contribution in [2.24, 2.45) is 11.8 Å². The van der Waals surface area contributed by atoms with Gasteiger partial charge in [0, 0.05) is 0 Å². The van der Waals surface area contributed by atoms with Crippen LogP contribution in [-0.4, -0.2) is 6.17 Å². The molecule has 0 heterocycles. The summed E-state index contributed by atoms with van der Waals surface area (Å²) in [7, 11) is 0. The molecule has 0 nitrogen and oxygen atoms in total. The molecule has 1 fully saturated rings. The van der Waals surface area contributed by atoms with Crippen LogP contribution in [0.25, 0.3) is 0 Å². The second-order valence-corrected chi connectivity index (χ2v) is 3.67. The highest BCUT2D eigenvalue weighted by atomic mass is 19.1. The third-order valence-corrected chi connectivity index (χ3v) is 2.89. The van der Waals surface area contributed by atoms with Crippen molar-refractivity contribution in [2.45, 2.75) is 39.8 Å². The molecule has 1 aliphatic carbocycles. The minimum Gasteiger partial charge on any atom is -0.247 e. The molecular weight excluding hydrogens is 139 g/mol. The number of hydrogen-bond donors (Lipinski definition) is 0. The van der Waals surface area contributed by atoms with Gasteiger partial charge in [0.05, 0.1) is 0 Å². The van der Waals surface area contributed by atoms with Gasteiger partial charge in [0.15, 0.2) is 0 Å². The Morgan fingerprint density at radius 2 is 2.09 bits per heavy atom. The molecule has 0 spiro atoms. The Hall–Kier alpha value is -0.330. The summed E-state index contributed by atoms with van der Waals surface area (Å²) in [4.78, 5) is 0. The highest BCUT2D eigenvalue weighted by Crippen LogP contribution is 2.35. The number of rotatable bonds is 0. The van der Waals surface area contributed by atoms with Gasteiger partial charge in [0.1, 0.15) is 6.17 Å². The molecule has 0 aromatic rings. The fourth-order valence-corrected chi connectivity index (χ4v) is 1.88. The van der Waals surface area contributed by atoms with Crippen molar-refractivity contribution in [3.05, 3.63) is 11.6 Å². The van der Waals surface area contributed by atoms with E-state index in [4.69, 9.17) is 0 Å². The lowest BCUT2D eigenvalue weighted by Gasteiger charge is -2.30. The minimum absolute atomic E-state index is 0.518. The van der Waals surface area contributed by atoms with Crippen LogP contribution in [0.3, 0.4) is 0 Å². The van der Waals surface area contributed by atoms with E-state index >= 15 is 0 Å². The van der Waals surface area contributed by atoms with Crippen LogP contribution in [0, 0.1) is 11.8 Å². The standard InChI is InChI=1S/C10H17F/c1-4-9-6-10(11)5-7(2)8(9)3/h4,7-8,10H,5-6H2,1-3H3/b9-4-. The van der Waals surface area contributed by atoms with Crippen LogP contribution in [0.1, 0.15) is 33.6 Å². The lowest BCUT2D eigenvalue weighted by molar-refractivity contribution is 0.206. The Bertz CT molecular complexity index is 160. The zero-order valence-electron chi connectivity index (χ0n) is 7.60. The highest BCUT2D eigenvalue weighted by Gasteiger charge is 2.27. The van der Waals surface area contributed by atoms with E-state index in [0.717, 1.165) is 6.42 Å². The Balaban J connectivity index is 2.67. The average molecular weight is 156 g/mol. The summed E-state index contributed by atoms with van der Waals surface area (Å²) in [6.45, 7) is 6.35. The smallest absolute Gasteiger partial charge is 0.104 e. The summed E-state index contributed by atoms with van der Waals surface area (Å²) >= 11 is 0. The number of hydrogen-bond acceptors (Lipinski definition) is 0. The monoisotopic (exact) mass is 156 g/mol. The zero-order chi connectivity index (χ0) is 8.43. The fraction of sp³-hybridized carbons (Fsp3) is 0.800. The first-order chi connectivity index (χ1) is 5.15. The molecule has 0 aromatic heterocycles. The summed E-state index contributed by atoms with van der Waals surface area (Å²) in [6.07, 6.45) is 2.90. The van der Waals surface area contributed by atoms with Crippen molar-refractivity contribution >= 4 is 0 Å². The van der Waals surface area contributed by atoms with Crippen LogP contribution in [0.15, 0.2) is 11.6 Å². The average Bonchev–Trinajstić information content (AvgIpc) is 1.96. The molecule has 0 amide bonds. The molecular formula is C10H17F. The molecule has 0 saturated heterocycles. The van der Waals surface area contributed by atoms with Gasteiger partial charge in [-0.2, -0.15) is 0 Å². The number of allylic oxidation sites excluding steroid dienone is 2. The maximum atomic E-state index is 13.0. The minimum atomic E-state index is -0.590. The molecule has 0 aromatic carbocycles. The van der Waals surface area contributed by atoms with Crippen molar-refractivity contribution in [3.8, 4) is 0 Å². The third kappa shape index (κ3) is 1.82. The second-order valence-electron chi connectivity index (χ2n) is 3.67. The van der Waals surface area contributed by atoms with Gasteiger partial charge in [0.25, 0.3) is 0 Å². The molecule has 0 N–H and O–H groups in total. The van der Waals surface area contributed by atoms with Crippen LogP contribution >= 0.6 is 0 Å². The molecule has 0 radical (unpaired) electrons. The fourth-order valence-electron chi connectivity index (χ4n) is 1.88. The molecule has 3 unspecified atom stereocenters. The summed E-state index contributed by atoms with van der Waals surface area (Å²) in [5, 5.41) is 0. The normalized spacial score (nSPS) is 42.9. The Morgan fingerprint density at radius 3 is 2.64 bits per heavy atom. The molecule has 1 aliphatic rings. The van der Waals surface area contributed by atoms with E-state index < -0.39 is 6.17 Å². The lowest BCUT2D eigenvalue weighted by atomic mass is 9.77. The van der Waals surface area contributed by atoms with E-state index in [9.17, 15) is 4.39 Å². The number of halogens is 1. The first-order valence-corrected chi connectivity index (χ1v) is 4.44. The molecule has 11 heavy (non-hydrogen) atoms. The SMILES string of the molecule is C/C=C1/CC(F)CC(C)C1C. The number of alkyl halides is 1. The van der Waals surface area contributed by atoms with Gasteiger partial charge in [-0.25, -0.2) is 4.39 Å². The van der Waals surface area contributed by atoms with Crippen molar-refractivity contribution in [2.75, 3.05) is 0 Å². The predicted octanol–water partition coefficient (Wildman–Crippen LogP) is 3.34. The van der Waals surface area contributed by atoms with Crippen LogP contribution in [0.4, 0.5) is 4.39 Å². The van der Waals surface area contributed by atoms with Gasteiger partial charge in [-0.3, -0.25) is 0 Å². The van der Waals surface area contributed by atoms with Crippen molar-refractivity contribution < 1.29 is 4.39 Å². The molecule has 0 aliphatic heterocycles. The first-order valence-electron chi connectivity index (χ1n) is 4.44. The van der Waals surface area contributed by atoms with Gasteiger partial charge in [-0.1, -0.05) is 25.5 Å². The summed E-state index contributed by atoms with van der Waals surface area (Å²) in [5.74, 6) is 1.11. The van der Waals surface area contributed by atoms with Gasteiger partial charge in [-0.15, -0.1) is 0 Å². The zero-order valence-corrected chi connectivity index (χ0v) is 7.60. The maximum absolute atomic E-state index is 13.0. The quantitative estimate of drug-likeness (QED) is 0.472. The maximum Gasteiger partial charge on any atom is 0.104 e. The van der Waals surface area contributed by atoms with E-state index in [1.165, 1.54) is 5.57 Å². The Labute approximate surface area is 68.5 Å². The predicted molar refractivity (Wildman–Crippen MR) is 46.2 cm³/mol. The Morgan fingerprint density at radius 1 is 1.45 bits per heavy atom. The van der Waals surface area contributed by atoms with Crippen LogP contribution < -0.4 is 0 Å². The summed E-state index contributed by atoms with van der Waals surface area (Å²) in [5.41, 5.74) is 1.30. The summed E-state index contributed by atoms with van der Waals surface area (Å²) < 4.78 is 13.0. The molecule has 3 atom stereocenters. The highest BCUT2D eigenvalue weighted by molar-refractivity contribution is 5.10. The van der Waals surface area contributed by atoms with E-state index in [0.29, 0.717) is 18.3 Å². The third-order valence-electron chi connectivity index (χ3n) is 2.89. The summed E-state index contributed by atoms with van der Waals surface area (Å²) in [6, 6.07) is 0. The second kappa shape index (κ2) is 3.38. The van der Waals surface area contributed by atoms with Gasteiger partial charge < -0.3 is 0 Å². The van der Waals surface area contributed by atoms with E-state index in [1.54, 1.807) is 0 Å². The van der Waals surface area contributed by atoms with E-state index in [-0.39, 0.29) is 0 Å². The topological polar surface area (TPSA) is 0 Å². The van der Waals surface area contributed by atoms with Gasteiger partial charge in [0.2, 0.25) is 0 Å². The van der Waals surface area contributed by atoms with Crippen molar-refractivity contribution in [1.82, 2.24) is 0 Å². The van der Waals surface area contributed by atoms with Gasteiger partial charge >= 0.3 is 0 Å². The van der Waals surface area contributed by atoms with Crippen molar-refractivity contribution in [3.63, 3.8) is 0 Å². The lowest BCUT2D eigenvalue weighted by Crippen LogP contribution is -2.23. The Kier molecular flexibility index (Phi) is 2.69.